The molecule has 1 heterocycles. The van der Waals surface area contributed by atoms with Crippen LogP contribution in [0.25, 0.3) is 10.8 Å². The van der Waals surface area contributed by atoms with E-state index in [2.05, 4.69) is 15.5 Å². The molecule has 0 radical (unpaired) electrons. The first-order valence-electron chi connectivity index (χ1n) is 7.97. The summed E-state index contributed by atoms with van der Waals surface area (Å²) >= 11 is 0. The van der Waals surface area contributed by atoms with Gasteiger partial charge in [-0.1, -0.05) is 47.5 Å². The van der Waals surface area contributed by atoms with Crippen LogP contribution in [-0.2, 0) is 0 Å². The fourth-order valence-electron chi connectivity index (χ4n) is 2.88. The molecular formula is C19H19N3O3. The van der Waals surface area contributed by atoms with E-state index >= 15 is 0 Å². The summed E-state index contributed by atoms with van der Waals surface area (Å²) in [7, 11) is 0. The second-order valence-electron chi connectivity index (χ2n) is 6.09. The zero-order valence-corrected chi connectivity index (χ0v) is 14.0. The molecule has 0 fully saturated rings. The van der Waals surface area contributed by atoms with E-state index in [1.165, 1.54) is 0 Å². The van der Waals surface area contributed by atoms with Crippen molar-refractivity contribution in [2.24, 2.45) is 0 Å². The molecule has 1 unspecified atom stereocenters. The van der Waals surface area contributed by atoms with Crippen LogP contribution >= 0.6 is 0 Å². The molecule has 0 spiro atoms. The third-order valence-corrected chi connectivity index (χ3v) is 4.00. The van der Waals surface area contributed by atoms with Gasteiger partial charge in [0.05, 0.1) is 11.5 Å². The minimum absolute atomic E-state index is 0.0524. The van der Waals surface area contributed by atoms with Crippen molar-refractivity contribution in [3.8, 4) is 0 Å². The van der Waals surface area contributed by atoms with E-state index in [9.17, 15) is 14.7 Å². The first kappa shape index (κ1) is 16.9. The number of aliphatic hydroxyl groups excluding tert-OH is 1. The fraction of sp³-hybridized carbons (Fsp3) is 0.211. The predicted octanol–water partition coefficient (Wildman–Crippen LogP) is 2.00. The molecule has 128 valence electrons. The molecule has 3 rings (SSSR count). The Morgan fingerprint density at radius 3 is 2.48 bits per heavy atom. The van der Waals surface area contributed by atoms with Gasteiger partial charge >= 0.3 is 0 Å². The number of fused-ring (bicyclic) bond motifs is 1. The summed E-state index contributed by atoms with van der Waals surface area (Å²) in [6.07, 6.45) is -0.823. The number of hydrogen-bond donors (Lipinski definition) is 3. The molecule has 1 atom stereocenters. The van der Waals surface area contributed by atoms with Crippen LogP contribution in [0.2, 0.25) is 0 Å². The summed E-state index contributed by atoms with van der Waals surface area (Å²) in [6, 6.07) is 12.6. The van der Waals surface area contributed by atoms with Crippen molar-refractivity contribution in [3.63, 3.8) is 0 Å². The topological polar surface area (TPSA) is 95.1 Å². The van der Waals surface area contributed by atoms with Gasteiger partial charge in [-0.3, -0.25) is 9.59 Å². The molecule has 6 nitrogen and oxygen atoms in total. The normalized spacial score (nSPS) is 12.1. The van der Waals surface area contributed by atoms with Crippen LogP contribution in [-0.4, -0.2) is 27.8 Å². The number of aryl methyl sites for hydroxylation is 2. The van der Waals surface area contributed by atoms with E-state index in [1.807, 2.05) is 32.0 Å². The Balaban J connectivity index is 1.79. The van der Waals surface area contributed by atoms with Crippen molar-refractivity contribution in [1.29, 1.82) is 0 Å². The van der Waals surface area contributed by atoms with Crippen LogP contribution in [0.1, 0.15) is 33.3 Å². The Kier molecular flexibility index (Phi) is 4.63. The first-order chi connectivity index (χ1) is 12.0. The number of carbonyl (C=O) groups is 1. The highest BCUT2D eigenvalue weighted by atomic mass is 16.3. The molecule has 0 aliphatic rings. The summed E-state index contributed by atoms with van der Waals surface area (Å²) in [5.74, 6) is -0.448. The highest BCUT2D eigenvalue weighted by molar-refractivity contribution is 6.04. The summed E-state index contributed by atoms with van der Waals surface area (Å²) in [5, 5.41) is 20.1. The number of aromatic amines is 1. The zero-order valence-electron chi connectivity index (χ0n) is 14.0. The van der Waals surface area contributed by atoms with Crippen LogP contribution in [0, 0.1) is 13.8 Å². The highest BCUT2D eigenvalue weighted by Crippen LogP contribution is 2.17. The Morgan fingerprint density at radius 1 is 1.16 bits per heavy atom. The minimum Gasteiger partial charge on any atom is -0.387 e. The average molecular weight is 337 g/mol. The lowest BCUT2D eigenvalue weighted by atomic mass is 10.0. The SMILES string of the molecule is Cc1cc(C)cc(C(O)CNC(=O)c2n[nH]c(=O)c3ccccc23)c1. The summed E-state index contributed by atoms with van der Waals surface area (Å²) in [5.41, 5.74) is 2.63. The standard InChI is InChI=1S/C19H19N3O3/c1-11-7-12(2)9-13(8-11)16(23)10-20-19(25)17-14-5-3-4-6-15(14)18(24)22-21-17/h3-9,16,23H,10H2,1-2H3,(H,20,25)(H,22,24). The van der Waals surface area contributed by atoms with Crippen molar-refractivity contribution in [2.75, 3.05) is 6.54 Å². The number of nitrogens with one attached hydrogen (secondary N) is 2. The molecule has 2 aromatic carbocycles. The Morgan fingerprint density at radius 2 is 1.80 bits per heavy atom. The number of rotatable bonds is 4. The first-order valence-corrected chi connectivity index (χ1v) is 7.97. The number of aromatic nitrogens is 2. The number of benzene rings is 2. The van der Waals surface area contributed by atoms with E-state index in [0.29, 0.717) is 10.8 Å². The van der Waals surface area contributed by atoms with Crippen molar-refractivity contribution in [2.45, 2.75) is 20.0 Å². The molecule has 0 aliphatic carbocycles. The van der Waals surface area contributed by atoms with Crippen LogP contribution in [0.5, 0.6) is 0 Å². The number of H-pyrrole nitrogens is 1. The molecule has 0 aliphatic heterocycles. The van der Waals surface area contributed by atoms with E-state index in [-0.39, 0.29) is 17.8 Å². The molecule has 3 aromatic rings. The van der Waals surface area contributed by atoms with Crippen molar-refractivity contribution >= 4 is 16.7 Å². The smallest absolute Gasteiger partial charge is 0.272 e. The van der Waals surface area contributed by atoms with Crippen molar-refractivity contribution in [1.82, 2.24) is 15.5 Å². The summed E-state index contributed by atoms with van der Waals surface area (Å²) in [6.45, 7) is 3.97. The summed E-state index contributed by atoms with van der Waals surface area (Å²) in [4.78, 5) is 24.2. The maximum Gasteiger partial charge on any atom is 0.272 e. The molecular weight excluding hydrogens is 318 g/mol. The Hall–Kier alpha value is -2.99. The van der Waals surface area contributed by atoms with Gasteiger partial charge in [-0.15, -0.1) is 0 Å². The van der Waals surface area contributed by atoms with Gasteiger partial charge < -0.3 is 10.4 Å². The molecule has 25 heavy (non-hydrogen) atoms. The van der Waals surface area contributed by atoms with Gasteiger partial charge in [-0.2, -0.15) is 5.10 Å². The Bertz CT molecular complexity index is 974. The van der Waals surface area contributed by atoms with Gasteiger partial charge in [-0.05, 0) is 25.5 Å². The lowest BCUT2D eigenvalue weighted by Crippen LogP contribution is -2.30. The number of nitrogens with zero attached hydrogens (tertiary/aromatic N) is 1. The number of hydrogen-bond acceptors (Lipinski definition) is 4. The van der Waals surface area contributed by atoms with Gasteiger partial charge in [0.15, 0.2) is 5.69 Å². The molecule has 1 aromatic heterocycles. The number of carbonyl (C=O) groups excluding carboxylic acids is 1. The fourth-order valence-corrected chi connectivity index (χ4v) is 2.88. The van der Waals surface area contributed by atoms with Gasteiger partial charge in [-0.25, -0.2) is 5.10 Å². The average Bonchev–Trinajstić information content (AvgIpc) is 2.59. The van der Waals surface area contributed by atoms with Crippen LogP contribution < -0.4 is 10.9 Å². The van der Waals surface area contributed by atoms with Gasteiger partial charge in [0, 0.05) is 11.9 Å². The molecule has 6 heteroatoms. The maximum atomic E-state index is 12.4. The molecule has 1 amide bonds. The third kappa shape index (κ3) is 3.59. The van der Waals surface area contributed by atoms with E-state index in [4.69, 9.17) is 0 Å². The second kappa shape index (κ2) is 6.86. The van der Waals surface area contributed by atoms with E-state index in [0.717, 1.165) is 16.7 Å². The summed E-state index contributed by atoms with van der Waals surface area (Å²) < 4.78 is 0. The Labute approximate surface area is 144 Å². The van der Waals surface area contributed by atoms with Crippen LogP contribution in [0.15, 0.2) is 47.3 Å². The van der Waals surface area contributed by atoms with Crippen molar-refractivity contribution < 1.29 is 9.90 Å². The van der Waals surface area contributed by atoms with Crippen molar-refractivity contribution in [3.05, 3.63) is 75.2 Å². The van der Waals surface area contributed by atoms with E-state index < -0.39 is 12.0 Å². The second-order valence-corrected chi connectivity index (χ2v) is 6.09. The lowest BCUT2D eigenvalue weighted by Gasteiger charge is -2.14. The number of aliphatic hydroxyl groups is 1. The maximum absolute atomic E-state index is 12.4. The lowest BCUT2D eigenvalue weighted by molar-refractivity contribution is 0.0912. The third-order valence-electron chi connectivity index (χ3n) is 4.00. The number of amides is 1. The monoisotopic (exact) mass is 337 g/mol. The largest absolute Gasteiger partial charge is 0.387 e. The zero-order chi connectivity index (χ0) is 18.0. The predicted molar refractivity (Wildman–Crippen MR) is 95.6 cm³/mol. The van der Waals surface area contributed by atoms with E-state index in [1.54, 1.807) is 24.3 Å². The molecule has 0 saturated heterocycles. The molecule has 0 saturated carbocycles. The minimum atomic E-state index is -0.823. The molecule has 0 bridgehead atoms. The van der Waals surface area contributed by atoms with Crippen LogP contribution in [0.3, 0.4) is 0 Å². The highest BCUT2D eigenvalue weighted by Gasteiger charge is 2.16. The van der Waals surface area contributed by atoms with Crippen LogP contribution in [0.4, 0.5) is 0 Å². The van der Waals surface area contributed by atoms with Gasteiger partial charge in [0.1, 0.15) is 0 Å². The molecule has 3 N–H and O–H groups in total. The van der Waals surface area contributed by atoms with Gasteiger partial charge in [0.25, 0.3) is 11.5 Å². The van der Waals surface area contributed by atoms with Gasteiger partial charge in [0.2, 0.25) is 0 Å². The quantitative estimate of drug-likeness (QED) is 0.678.